The van der Waals surface area contributed by atoms with Crippen molar-refractivity contribution in [3.8, 4) is 11.5 Å². The fraction of sp³-hybridized carbons (Fsp3) is 0.300. The largest absolute Gasteiger partial charge is 0.493 e. The number of benzene rings is 2. The molecule has 3 amide bonds. The van der Waals surface area contributed by atoms with E-state index >= 15 is 0 Å². The number of ether oxygens (including phenoxy) is 2. The summed E-state index contributed by atoms with van der Waals surface area (Å²) >= 11 is 0. The van der Waals surface area contributed by atoms with E-state index in [1.54, 1.807) is 31.4 Å². The maximum absolute atomic E-state index is 12.2. The van der Waals surface area contributed by atoms with Gasteiger partial charge in [0.2, 0.25) is 0 Å². The van der Waals surface area contributed by atoms with E-state index in [0.29, 0.717) is 35.9 Å². The molecule has 0 aliphatic rings. The molecule has 0 unspecified atom stereocenters. The molecule has 0 atom stereocenters. The van der Waals surface area contributed by atoms with Gasteiger partial charge in [0.25, 0.3) is 5.91 Å². The van der Waals surface area contributed by atoms with Crippen LogP contribution in [0.25, 0.3) is 0 Å². The zero-order chi connectivity index (χ0) is 19.6. The molecule has 144 valence electrons. The van der Waals surface area contributed by atoms with E-state index in [0.717, 1.165) is 0 Å². The summed E-state index contributed by atoms with van der Waals surface area (Å²) in [7, 11) is 1.58. The SMILES string of the molecule is COc1ccccc1OCCNC(=O)c1ccc(NC(=O)NC(C)C)cc1. The third-order valence-corrected chi connectivity index (χ3v) is 3.54. The lowest BCUT2D eigenvalue weighted by Crippen LogP contribution is -2.34. The van der Waals surface area contributed by atoms with E-state index < -0.39 is 0 Å². The van der Waals surface area contributed by atoms with Gasteiger partial charge in [0.05, 0.1) is 13.7 Å². The third kappa shape index (κ3) is 6.54. The summed E-state index contributed by atoms with van der Waals surface area (Å²) in [6.07, 6.45) is 0. The number of methoxy groups -OCH3 is 1. The van der Waals surface area contributed by atoms with Crippen LogP contribution in [0, 0.1) is 0 Å². The second-order valence-electron chi connectivity index (χ2n) is 6.09. The molecule has 7 heteroatoms. The highest BCUT2D eigenvalue weighted by Gasteiger charge is 2.08. The number of carbonyl (C=O) groups excluding carboxylic acids is 2. The highest BCUT2D eigenvalue weighted by Crippen LogP contribution is 2.25. The van der Waals surface area contributed by atoms with Crippen molar-refractivity contribution in [3.05, 3.63) is 54.1 Å². The summed E-state index contributed by atoms with van der Waals surface area (Å²) in [5.41, 5.74) is 1.12. The zero-order valence-electron chi connectivity index (χ0n) is 15.7. The van der Waals surface area contributed by atoms with Gasteiger partial charge in [0.1, 0.15) is 6.61 Å². The van der Waals surface area contributed by atoms with Crippen LogP contribution in [0.2, 0.25) is 0 Å². The van der Waals surface area contributed by atoms with Gasteiger partial charge in [-0.3, -0.25) is 4.79 Å². The lowest BCUT2D eigenvalue weighted by molar-refractivity contribution is 0.0947. The van der Waals surface area contributed by atoms with Crippen LogP contribution in [-0.4, -0.2) is 38.2 Å². The van der Waals surface area contributed by atoms with Crippen molar-refractivity contribution in [3.63, 3.8) is 0 Å². The molecule has 2 aromatic carbocycles. The van der Waals surface area contributed by atoms with Crippen LogP contribution in [-0.2, 0) is 0 Å². The molecular formula is C20H25N3O4. The molecule has 0 spiro atoms. The van der Waals surface area contributed by atoms with Crippen molar-refractivity contribution < 1.29 is 19.1 Å². The fourth-order valence-electron chi connectivity index (χ4n) is 2.30. The van der Waals surface area contributed by atoms with Gasteiger partial charge in [-0.15, -0.1) is 0 Å². The Hall–Kier alpha value is -3.22. The first-order valence-electron chi connectivity index (χ1n) is 8.71. The Balaban J connectivity index is 1.78. The van der Waals surface area contributed by atoms with E-state index in [1.807, 2.05) is 38.1 Å². The van der Waals surface area contributed by atoms with Gasteiger partial charge in [0.15, 0.2) is 11.5 Å². The van der Waals surface area contributed by atoms with Gasteiger partial charge in [0, 0.05) is 17.3 Å². The Kier molecular flexibility index (Phi) is 7.49. The van der Waals surface area contributed by atoms with Gasteiger partial charge in [-0.05, 0) is 50.2 Å². The molecule has 0 saturated heterocycles. The average molecular weight is 371 g/mol. The minimum atomic E-state index is -0.282. The van der Waals surface area contributed by atoms with Crippen LogP contribution in [0.3, 0.4) is 0 Å². The van der Waals surface area contributed by atoms with Gasteiger partial charge in [-0.2, -0.15) is 0 Å². The lowest BCUT2D eigenvalue weighted by atomic mass is 10.2. The van der Waals surface area contributed by atoms with E-state index in [-0.39, 0.29) is 18.0 Å². The molecule has 0 aliphatic heterocycles. The second-order valence-corrected chi connectivity index (χ2v) is 6.09. The average Bonchev–Trinajstić information content (AvgIpc) is 2.65. The maximum atomic E-state index is 12.2. The monoisotopic (exact) mass is 371 g/mol. The summed E-state index contributed by atoms with van der Waals surface area (Å²) in [5.74, 6) is 1.06. The molecular weight excluding hydrogens is 346 g/mol. The molecule has 2 aromatic rings. The lowest BCUT2D eigenvalue weighted by Gasteiger charge is -2.11. The van der Waals surface area contributed by atoms with Crippen LogP contribution in [0.1, 0.15) is 24.2 Å². The van der Waals surface area contributed by atoms with Gasteiger partial charge >= 0.3 is 6.03 Å². The quantitative estimate of drug-likeness (QED) is 0.622. The Morgan fingerprint density at radius 2 is 1.67 bits per heavy atom. The molecule has 0 aliphatic carbocycles. The van der Waals surface area contributed by atoms with Crippen LogP contribution in [0.4, 0.5) is 10.5 Å². The van der Waals surface area contributed by atoms with E-state index in [4.69, 9.17) is 9.47 Å². The number of hydrogen-bond donors (Lipinski definition) is 3. The third-order valence-electron chi connectivity index (χ3n) is 3.54. The van der Waals surface area contributed by atoms with Crippen molar-refractivity contribution in [2.45, 2.75) is 19.9 Å². The highest BCUT2D eigenvalue weighted by molar-refractivity contribution is 5.95. The number of amides is 3. The first-order chi connectivity index (χ1) is 13.0. The normalized spacial score (nSPS) is 10.2. The minimum absolute atomic E-state index is 0.0492. The predicted octanol–water partition coefficient (Wildman–Crippen LogP) is 3.03. The van der Waals surface area contributed by atoms with E-state index in [9.17, 15) is 9.59 Å². The number of rotatable bonds is 8. The topological polar surface area (TPSA) is 88.7 Å². The Bertz CT molecular complexity index is 760. The standard InChI is InChI=1S/C20H25N3O4/c1-14(2)22-20(25)23-16-10-8-15(9-11-16)19(24)21-12-13-27-18-7-5-4-6-17(18)26-3/h4-11,14H,12-13H2,1-3H3,(H,21,24)(H2,22,23,25). The molecule has 27 heavy (non-hydrogen) atoms. The Labute approximate surface area is 159 Å². The number of urea groups is 1. The first kappa shape index (κ1) is 20.1. The first-order valence-corrected chi connectivity index (χ1v) is 8.71. The van der Waals surface area contributed by atoms with Crippen LogP contribution in [0.5, 0.6) is 11.5 Å². The van der Waals surface area contributed by atoms with E-state index in [2.05, 4.69) is 16.0 Å². The molecule has 3 N–H and O–H groups in total. The van der Waals surface area contributed by atoms with Crippen LogP contribution in [0.15, 0.2) is 48.5 Å². The Morgan fingerprint density at radius 1 is 1.00 bits per heavy atom. The molecule has 0 radical (unpaired) electrons. The highest BCUT2D eigenvalue weighted by atomic mass is 16.5. The van der Waals surface area contributed by atoms with Crippen molar-refractivity contribution in [1.82, 2.24) is 10.6 Å². The Morgan fingerprint density at radius 3 is 2.30 bits per heavy atom. The maximum Gasteiger partial charge on any atom is 0.319 e. The summed E-state index contributed by atoms with van der Waals surface area (Å²) in [5, 5.41) is 8.23. The number of carbonyl (C=O) groups is 2. The number of nitrogens with one attached hydrogen (secondary N) is 3. The summed E-state index contributed by atoms with van der Waals surface area (Å²) in [6.45, 7) is 4.43. The predicted molar refractivity (Wildman–Crippen MR) is 105 cm³/mol. The minimum Gasteiger partial charge on any atom is -0.493 e. The number of anilines is 1. The summed E-state index contributed by atoms with van der Waals surface area (Å²) in [4.78, 5) is 23.8. The fourth-order valence-corrected chi connectivity index (χ4v) is 2.30. The zero-order valence-corrected chi connectivity index (χ0v) is 15.7. The number of para-hydroxylation sites is 2. The second kappa shape index (κ2) is 10.1. The smallest absolute Gasteiger partial charge is 0.319 e. The van der Waals surface area contributed by atoms with Crippen molar-refractivity contribution in [2.75, 3.05) is 25.6 Å². The van der Waals surface area contributed by atoms with E-state index in [1.165, 1.54) is 0 Å². The van der Waals surface area contributed by atoms with Crippen molar-refractivity contribution >= 4 is 17.6 Å². The van der Waals surface area contributed by atoms with Crippen molar-refractivity contribution in [2.24, 2.45) is 0 Å². The van der Waals surface area contributed by atoms with Gasteiger partial charge < -0.3 is 25.4 Å². The molecule has 2 rings (SSSR count). The van der Waals surface area contributed by atoms with Crippen LogP contribution >= 0.6 is 0 Å². The van der Waals surface area contributed by atoms with Gasteiger partial charge in [-0.25, -0.2) is 4.79 Å². The molecule has 0 heterocycles. The summed E-state index contributed by atoms with van der Waals surface area (Å²) in [6, 6.07) is 13.8. The molecule has 0 bridgehead atoms. The van der Waals surface area contributed by atoms with Gasteiger partial charge in [-0.1, -0.05) is 12.1 Å². The molecule has 0 aromatic heterocycles. The van der Waals surface area contributed by atoms with Crippen molar-refractivity contribution in [1.29, 1.82) is 0 Å². The summed E-state index contributed by atoms with van der Waals surface area (Å²) < 4.78 is 10.8. The molecule has 0 fully saturated rings. The molecule has 7 nitrogen and oxygen atoms in total. The molecule has 0 saturated carbocycles. The number of hydrogen-bond acceptors (Lipinski definition) is 4. The van der Waals surface area contributed by atoms with Crippen LogP contribution < -0.4 is 25.4 Å².